The van der Waals surface area contributed by atoms with Crippen LogP contribution in [0.4, 0.5) is 10.1 Å². The maximum Gasteiger partial charge on any atom is 0.338 e. The highest BCUT2D eigenvalue weighted by Gasteiger charge is 2.33. The summed E-state index contributed by atoms with van der Waals surface area (Å²) in [5.41, 5.74) is 2.25. The second-order valence-electron chi connectivity index (χ2n) is 8.27. The quantitative estimate of drug-likeness (QED) is 0.493. The number of phenolic OH excluding ortho intramolecular Hbond substituents is 1. The van der Waals surface area contributed by atoms with Crippen LogP contribution in [-0.4, -0.2) is 35.3 Å². The standard InChI is InChI=1S/C27H28FN3O4S/c1-5-30(6-2)20-13-10-18(21(32)15-20)14-22-25(33)31-24(17-8-11-19(28)12-9-17)23(26(34)35-7-3)16(4)29-27(31)36-22/h8-15,24,32H,5-7H2,1-4H3/b22-14-/t24-/m0/s1. The lowest BCUT2D eigenvalue weighted by atomic mass is 9.96. The number of esters is 1. The Morgan fingerprint density at radius 1 is 1.19 bits per heavy atom. The zero-order chi connectivity index (χ0) is 26.0. The molecule has 0 saturated heterocycles. The Kier molecular flexibility index (Phi) is 7.40. The number of anilines is 1. The molecular formula is C27H28FN3O4S. The van der Waals surface area contributed by atoms with Gasteiger partial charge in [0.05, 0.1) is 28.5 Å². The van der Waals surface area contributed by atoms with Crippen molar-refractivity contribution in [1.29, 1.82) is 0 Å². The van der Waals surface area contributed by atoms with Gasteiger partial charge >= 0.3 is 5.97 Å². The first-order chi connectivity index (χ1) is 17.3. The summed E-state index contributed by atoms with van der Waals surface area (Å²) in [6, 6.07) is 10.2. The van der Waals surface area contributed by atoms with Gasteiger partial charge in [0.25, 0.3) is 5.56 Å². The highest BCUT2D eigenvalue weighted by molar-refractivity contribution is 7.07. The molecule has 0 radical (unpaired) electrons. The number of aromatic hydroxyl groups is 1. The molecule has 36 heavy (non-hydrogen) atoms. The van der Waals surface area contributed by atoms with Crippen molar-refractivity contribution in [2.45, 2.75) is 33.7 Å². The van der Waals surface area contributed by atoms with E-state index in [2.05, 4.69) is 9.89 Å². The molecule has 0 amide bonds. The molecule has 0 bridgehead atoms. The Hall–Kier alpha value is -3.72. The highest BCUT2D eigenvalue weighted by Crippen LogP contribution is 2.31. The third kappa shape index (κ3) is 4.70. The lowest BCUT2D eigenvalue weighted by Gasteiger charge is -2.24. The van der Waals surface area contributed by atoms with Crippen LogP contribution >= 0.6 is 11.3 Å². The van der Waals surface area contributed by atoms with Gasteiger partial charge in [-0.15, -0.1) is 0 Å². The minimum absolute atomic E-state index is 0.0590. The van der Waals surface area contributed by atoms with E-state index in [1.807, 2.05) is 19.9 Å². The smallest absolute Gasteiger partial charge is 0.338 e. The van der Waals surface area contributed by atoms with Crippen molar-refractivity contribution in [2.24, 2.45) is 4.99 Å². The van der Waals surface area contributed by atoms with Gasteiger partial charge in [-0.1, -0.05) is 23.5 Å². The number of fused-ring (bicyclic) bond motifs is 1. The van der Waals surface area contributed by atoms with E-state index in [1.165, 1.54) is 16.7 Å². The highest BCUT2D eigenvalue weighted by atomic mass is 32.1. The second-order valence-corrected chi connectivity index (χ2v) is 9.28. The summed E-state index contributed by atoms with van der Waals surface area (Å²) in [5, 5.41) is 10.7. The molecule has 0 spiro atoms. The zero-order valence-electron chi connectivity index (χ0n) is 20.6. The van der Waals surface area contributed by atoms with Gasteiger partial charge in [-0.05, 0) is 63.6 Å². The first-order valence-corrected chi connectivity index (χ1v) is 12.6. The van der Waals surface area contributed by atoms with Crippen molar-refractivity contribution < 1.29 is 19.0 Å². The van der Waals surface area contributed by atoms with Crippen LogP contribution in [0.1, 0.15) is 44.9 Å². The van der Waals surface area contributed by atoms with E-state index in [-0.39, 0.29) is 23.5 Å². The lowest BCUT2D eigenvalue weighted by Crippen LogP contribution is -2.39. The maximum absolute atomic E-state index is 13.7. The SMILES string of the molecule is CCOC(=O)C1=C(C)N=c2s/c(=C\c3ccc(N(CC)CC)cc3O)c(=O)n2[C@H]1c1ccc(F)cc1. The van der Waals surface area contributed by atoms with Crippen LogP contribution in [-0.2, 0) is 9.53 Å². The Balaban J connectivity index is 1.88. The number of benzene rings is 2. The van der Waals surface area contributed by atoms with Crippen molar-refractivity contribution in [3.63, 3.8) is 0 Å². The number of nitrogens with zero attached hydrogens (tertiary/aromatic N) is 3. The molecule has 1 N–H and O–H groups in total. The summed E-state index contributed by atoms with van der Waals surface area (Å²) in [5.74, 6) is -0.941. The normalized spacial score (nSPS) is 15.5. The third-order valence-electron chi connectivity index (χ3n) is 6.13. The molecule has 0 unspecified atom stereocenters. The number of thiazole rings is 1. The van der Waals surface area contributed by atoms with Crippen LogP contribution in [0.25, 0.3) is 6.08 Å². The van der Waals surface area contributed by atoms with Crippen LogP contribution in [0, 0.1) is 5.82 Å². The number of carbonyl (C=O) groups is 1. The summed E-state index contributed by atoms with van der Waals surface area (Å²) >= 11 is 1.16. The van der Waals surface area contributed by atoms with Crippen LogP contribution < -0.4 is 19.8 Å². The number of phenols is 1. The number of rotatable bonds is 7. The summed E-state index contributed by atoms with van der Waals surface area (Å²) < 4.78 is 20.7. The molecule has 1 aliphatic rings. The summed E-state index contributed by atoms with van der Waals surface area (Å²) in [6.07, 6.45) is 1.62. The average Bonchev–Trinajstić information content (AvgIpc) is 3.15. The predicted octanol–water partition coefficient (Wildman–Crippen LogP) is 3.49. The minimum Gasteiger partial charge on any atom is -0.507 e. The van der Waals surface area contributed by atoms with E-state index in [9.17, 15) is 19.1 Å². The molecule has 1 aromatic heterocycles. The van der Waals surface area contributed by atoms with Crippen molar-refractivity contribution in [3.05, 3.63) is 90.4 Å². The van der Waals surface area contributed by atoms with E-state index in [0.717, 1.165) is 30.1 Å². The molecule has 188 valence electrons. The number of halogens is 1. The van der Waals surface area contributed by atoms with E-state index in [4.69, 9.17) is 4.74 Å². The molecule has 9 heteroatoms. The van der Waals surface area contributed by atoms with Gasteiger partial charge in [0.1, 0.15) is 11.6 Å². The average molecular weight is 510 g/mol. The summed E-state index contributed by atoms with van der Waals surface area (Å²) in [6.45, 7) is 9.25. The van der Waals surface area contributed by atoms with Gasteiger partial charge in [-0.3, -0.25) is 9.36 Å². The summed E-state index contributed by atoms with van der Waals surface area (Å²) in [4.78, 5) is 33.6. The molecule has 4 rings (SSSR count). The molecule has 0 aliphatic carbocycles. The third-order valence-corrected chi connectivity index (χ3v) is 7.11. The van der Waals surface area contributed by atoms with Crippen LogP contribution in [0.3, 0.4) is 0 Å². The fraction of sp³-hybridized carbons (Fsp3) is 0.296. The minimum atomic E-state index is -0.818. The molecule has 3 aromatic rings. The lowest BCUT2D eigenvalue weighted by molar-refractivity contribution is -0.139. The van der Waals surface area contributed by atoms with Crippen LogP contribution in [0.5, 0.6) is 5.75 Å². The fourth-order valence-corrected chi connectivity index (χ4v) is 5.37. The molecule has 1 aliphatic heterocycles. The van der Waals surface area contributed by atoms with Gasteiger partial charge in [0.15, 0.2) is 4.80 Å². The molecule has 0 fully saturated rings. The maximum atomic E-state index is 13.7. The topological polar surface area (TPSA) is 84.1 Å². The van der Waals surface area contributed by atoms with E-state index in [0.29, 0.717) is 26.2 Å². The van der Waals surface area contributed by atoms with E-state index in [1.54, 1.807) is 44.2 Å². The van der Waals surface area contributed by atoms with Crippen molar-refractivity contribution >= 4 is 29.1 Å². The molecule has 1 atom stereocenters. The summed E-state index contributed by atoms with van der Waals surface area (Å²) in [7, 11) is 0. The molecule has 0 saturated carbocycles. The van der Waals surface area contributed by atoms with Gasteiger partial charge in [0, 0.05) is 30.4 Å². The van der Waals surface area contributed by atoms with Crippen molar-refractivity contribution in [1.82, 2.24) is 4.57 Å². The van der Waals surface area contributed by atoms with E-state index >= 15 is 0 Å². The monoisotopic (exact) mass is 509 g/mol. The Bertz CT molecular complexity index is 1500. The Morgan fingerprint density at radius 3 is 2.50 bits per heavy atom. The number of aromatic nitrogens is 1. The largest absolute Gasteiger partial charge is 0.507 e. The van der Waals surface area contributed by atoms with Gasteiger partial charge in [-0.2, -0.15) is 0 Å². The first-order valence-electron chi connectivity index (χ1n) is 11.8. The number of ether oxygens (including phenoxy) is 1. The molecule has 2 heterocycles. The van der Waals surface area contributed by atoms with Crippen molar-refractivity contribution in [3.8, 4) is 5.75 Å². The molecule has 7 nitrogen and oxygen atoms in total. The number of hydrogen-bond donors (Lipinski definition) is 1. The first kappa shape index (κ1) is 25.4. The molecular weight excluding hydrogens is 481 g/mol. The van der Waals surface area contributed by atoms with Crippen LogP contribution in [0.15, 0.2) is 63.5 Å². The van der Waals surface area contributed by atoms with Gasteiger partial charge in [-0.25, -0.2) is 14.2 Å². The zero-order valence-corrected chi connectivity index (χ0v) is 21.4. The number of allylic oxidation sites excluding steroid dienone is 1. The molecule has 2 aromatic carbocycles. The fourth-order valence-electron chi connectivity index (χ4n) is 4.33. The van der Waals surface area contributed by atoms with Crippen molar-refractivity contribution in [2.75, 3.05) is 24.6 Å². The number of hydrogen-bond acceptors (Lipinski definition) is 7. The Labute approximate surface area is 212 Å². The van der Waals surface area contributed by atoms with E-state index < -0.39 is 17.8 Å². The van der Waals surface area contributed by atoms with Crippen LogP contribution in [0.2, 0.25) is 0 Å². The van der Waals surface area contributed by atoms with Gasteiger partial charge in [0.2, 0.25) is 0 Å². The Morgan fingerprint density at radius 2 is 1.89 bits per heavy atom. The number of carbonyl (C=O) groups excluding carboxylic acids is 1. The second kappa shape index (κ2) is 10.5. The predicted molar refractivity (Wildman–Crippen MR) is 138 cm³/mol. The van der Waals surface area contributed by atoms with Gasteiger partial charge < -0.3 is 14.7 Å².